The zero-order valence-electron chi connectivity index (χ0n) is 15.5. The van der Waals surface area contributed by atoms with Crippen molar-refractivity contribution in [2.24, 2.45) is 13.0 Å². The van der Waals surface area contributed by atoms with Gasteiger partial charge in [0.05, 0.1) is 11.2 Å². The molecule has 1 fully saturated rings. The summed E-state index contributed by atoms with van der Waals surface area (Å²) < 4.78 is 27.4. The van der Waals surface area contributed by atoms with Crippen LogP contribution in [0.2, 0.25) is 0 Å². The van der Waals surface area contributed by atoms with E-state index in [9.17, 15) is 18.7 Å². The third kappa shape index (κ3) is 2.94. The van der Waals surface area contributed by atoms with Gasteiger partial charge in [-0.25, -0.2) is 8.78 Å². The Balaban J connectivity index is 1.60. The molecule has 2 aromatic rings. The van der Waals surface area contributed by atoms with Gasteiger partial charge < -0.3 is 10.4 Å². The van der Waals surface area contributed by atoms with Gasteiger partial charge in [0.15, 0.2) is 0 Å². The molecule has 1 aromatic heterocycles. The molecule has 2 aliphatic carbocycles. The summed E-state index contributed by atoms with van der Waals surface area (Å²) in [5.74, 6) is 0.165. The van der Waals surface area contributed by atoms with E-state index >= 15 is 0 Å². The number of hydrogen-bond donors (Lipinski definition) is 2. The summed E-state index contributed by atoms with van der Waals surface area (Å²) >= 11 is 0. The lowest BCUT2D eigenvalue weighted by atomic mass is 9.81. The van der Waals surface area contributed by atoms with Gasteiger partial charge in [0, 0.05) is 24.8 Å². The number of carbonyl (C=O) groups is 1. The average molecular weight is 375 g/mol. The number of rotatable bonds is 4. The lowest BCUT2D eigenvalue weighted by Gasteiger charge is -2.29. The fourth-order valence-electron chi connectivity index (χ4n) is 5.03. The zero-order chi connectivity index (χ0) is 19.5. The Morgan fingerprint density at radius 2 is 1.96 bits per heavy atom. The molecule has 1 heterocycles. The van der Waals surface area contributed by atoms with E-state index < -0.39 is 23.6 Å². The lowest BCUT2D eigenvalue weighted by molar-refractivity contribution is 0.0106. The Hall–Kier alpha value is -2.28. The number of aryl methyl sites for hydroxylation is 1. The summed E-state index contributed by atoms with van der Waals surface area (Å²) in [5.41, 5.74) is 1.55. The molecule has 4 rings (SSSR count). The number of alkyl halides is 2. The highest BCUT2D eigenvalue weighted by Crippen LogP contribution is 2.60. The number of nitrogens with zero attached hydrogens (tertiary/aromatic N) is 2. The maximum Gasteiger partial charge on any atom is 0.282 e. The van der Waals surface area contributed by atoms with Gasteiger partial charge in [0.1, 0.15) is 5.69 Å². The van der Waals surface area contributed by atoms with Crippen molar-refractivity contribution in [1.29, 1.82) is 0 Å². The maximum atomic E-state index is 13.1. The van der Waals surface area contributed by atoms with Crippen LogP contribution in [-0.4, -0.2) is 26.4 Å². The highest BCUT2D eigenvalue weighted by atomic mass is 19.3. The Labute approximate surface area is 156 Å². The number of nitrogens with one attached hydrogen (secondary N) is 1. The van der Waals surface area contributed by atoms with Crippen molar-refractivity contribution in [3.8, 4) is 0 Å². The SMILES string of the molecule is Cn1cc(C(=O)Nc2ccc3c(c2)C2CCC3C2C(C)(C)O)c(C(F)F)n1. The summed E-state index contributed by atoms with van der Waals surface area (Å²) in [5, 5.41) is 17.0. The number of benzene rings is 1. The summed E-state index contributed by atoms with van der Waals surface area (Å²) in [4.78, 5) is 12.5. The highest BCUT2D eigenvalue weighted by molar-refractivity contribution is 6.05. The van der Waals surface area contributed by atoms with Crippen molar-refractivity contribution in [1.82, 2.24) is 9.78 Å². The number of fused-ring (bicyclic) bond motifs is 5. The van der Waals surface area contributed by atoms with Gasteiger partial charge in [-0.1, -0.05) is 6.07 Å². The average Bonchev–Trinajstić information content (AvgIpc) is 3.25. The smallest absolute Gasteiger partial charge is 0.282 e. The van der Waals surface area contributed by atoms with E-state index in [1.54, 1.807) is 6.07 Å². The second-order valence-electron chi connectivity index (χ2n) is 8.17. The molecule has 0 aliphatic heterocycles. The second-order valence-corrected chi connectivity index (χ2v) is 8.17. The van der Waals surface area contributed by atoms with Crippen LogP contribution < -0.4 is 5.32 Å². The van der Waals surface area contributed by atoms with Gasteiger partial charge >= 0.3 is 0 Å². The van der Waals surface area contributed by atoms with Gasteiger partial charge in [-0.15, -0.1) is 0 Å². The largest absolute Gasteiger partial charge is 0.390 e. The Morgan fingerprint density at radius 3 is 2.59 bits per heavy atom. The van der Waals surface area contributed by atoms with E-state index in [0.29, 0.717) is 11.6 Å². The first kappa shape index (κ1) is 18.1. The number of aliphatic hydroxyl groups is 1. The normalized spacial score (nSPS) is 23.7. The van der Waals surface area contributed by atoms with Gasteiger partial charge in [-0.2, -0.15) is 5.10 Å². The monoisotopic (exact) mass is 375 g/mol. The van der Waals surface area contributed by atoms with E-state index in [2.05, 4.69) is 10.4 Å². The molecular weight excluding hydrogens is 352 g/mol. The van der Waals surface area contributed by atoms with Crippen LogP contribution in [0.3, 0.4) is 0 Å². The molecule has 1 aromatic carbocycles. The molecule has 144 valence electrons. The lowest BCUT2D eigenvalue weighted by Crippen LogP contribution is -2.32. The van der Waals surface area contributed by atoms with Crippen LogP contribution in [-0.2, 0) is 7.05 Å². The third-order valence-corrected chi connectivity index (χ3v) is 5.92. The number of hydrogen-bond acceptors (Lipinski definition) is 3. The molecule has 1 saturated carbocycles. The van der Waals surface area contributed by atoms with Crippen LogP contribution >= 0.6 is 0 Å². The van der Waals surface area contributed by atoms with Gasteiger partial charge in [-0.3, -0.25) is 9.48 Å². The fraction of sp³-hybridized carbons (Fsp3) is 0.500. The number of amides is 1. The fourth-order valence-corrected chi connectivity index (χ4v) is 5.03. The molecule has 2 aliphatic rings. The van der Waals surface area contributed by atoms with Crippen LogP contribution in [0.4, 0.5) is 14.5 Å². The number of carbonyl (C=O) groups excluding carboxylic acids is 1. The minimum Gasteiger partial charge on any atom is -0.390 e. The van der Waals surface area contributed by atoms with E-state index in [4.69, 9.17) is 0 Å². The third-order valence-electron chi connectivity index (χ3n) is 5.92. The molecule has 2 N–H and O–H groups in total. The van der Waals surface area contributed by atoms with Crippen molar-refractivity contribution in [2.45, 2.75) is 50.6 Å². The maximum absolute atomic E-state index is 13.1. The summed E-state index contributed by atoms with van der Waals surface area (Å²) in [6.07, 6.45) is 0.569. The molecule has 3 atom stereocenters. The molecule has 2 bridgehead atoms. The van der Waals surface area contributed by atoms with E-state index in [-0.39, 0.29) is 17.4 Å². The number of aromatic nitrogens is 2. The predicted molar refractivity (Wildman–Crippen MR) is 97.1 cm³/mol. The van der Waals surface area contributed by atoms with Crippen molar-refractivity contribution in [2.75, 3.05) is 5.32 Å². The summed E-state index contributed by atoms with van der Waals surface area (Å²) in [6.45, 7) is 3.71. The molecule has 1 amide bonds. The molecule has 5 nitrogen and oxygen atoms in total. The van der Waals surface area contributed by atoms with Crippen LogP contribution in [0.5, 0.6) is 0 Å². The topological polar surface area (TPSA) is 67.2 Å². The Bertz CT molecular complexity index is 901. The predicted octanol–water partition coefficient (Wildman–Crippen LogP) is 3.97. The number of anilines is 1. The Kier molecular flexibility index (Phi) is 4.10. The van der Waals surface area contributed by atoms with Crippen molar-refractivity contribution < 1.29 is 18.7 Å². The number of halogens is 2. The summed E-state index contributed by atoms with van der Waals surface area (Å²) in [6, 6.07) is 5.72. The first-order chi connectivity index (χ1) is 12.7. The second kappa shape index (κ2) is 6.12. The summed E-state index contributed by atoms with van der Waals surface area (Å²) in [7, 11) is 1.51. The Morgan fingerprint density at radius 1 is 1.30 bits per heavy atom. The minimum atomic E-state index is -2.81. The first-order valence-corrected chi connectivity index (χ1v) is 9.16. The molecular formula is C20H23F2N3O2. The standard InChI is InChI=1S/C20H23F2N3O2/c1-20(2,27)16-12-6-7-13(16)14-8-10(4-5-11(12)14)23-19(26)15-9-25(3)24-17(15)18(21)22/h4-5,8-9,12-13,16,18,27H,6-7H2,1-3H3,(H,23,26). The van der Waals surface area contributed by atoms with Crippen LogP contribution in [0.25, 0.3) is 0 Å². The minimum absolute atomic E-state index is 0.121. The van der Waals surface area contributed by atoms with Gasteiger partial charge in [-0.05, 0) is 61.8 Å². The van der Waals surface area contributed by atoms with Crippen LogP contribution in [0, 0.1) is 5.92 Å². The van der Waals surface area contributed by atoms with Crippen LogP contribution in [0.15, 0.2) is 24.4 Å². The quantitative estimate of drug-likeness (QED) is 0.850. The molecule has 7 heteroatoms. The van der Waals surface area contributed by atoms with E-state index in [0.717, 1.165) is 18.4 Å². The zero-order valence-corrected chi connectivity index (χ0v) is 15.5. The highest BCUT2D eigenvalue weighted by Gasteiger charge is 2.51. The van der Waals surface area contributed by atoms with Gasteiger partial charge in [0.2, 0.25) is 0 Å². The van der Waals surface area contributed by atoms with Crippen molar-refractivity contribution in [3.63, 3.8) is 0 Å². The molecule has 0 spiro atoms. The van der Waals surface area contributed by atoms with Crippen molar-refractivity contribution >= 4 is 11.6 Å². The molecule has 0 saturated heterocycles. The molecule has 3 unspecified atom stereocenters. The molecule has 0 radical (unpaired) electrons. The van der Waals surface area contributed by atoms with Crippen LogP contribution in [0.1, 0.15) is 72.1 Å². The van der Waals surface area contributed by atoms with E-state index in [1.165, 1.54) is 23.5 Å². The molecule has 27 heavy (non-hydrogen) atoms. The van der Waals surface area contributed by atoms with Gasteiger partial charge in [0.25, 0.3) is 12.3 Å². The van der Waals surface area contributed by atoms with E-state index in [1.807, 2.05) is 26.0 Å². The van der Waals surface area contributed by atoms with Crippen molar-refractivity contribution in [3.05, 3.63) is 46.8 Å². The first-order valence-electron chi connectivity index (χ1n) is 9.16.